The molecule has 0 radical (unpaired) electrons. The molecule has 2 heterocycles. The predicted molar refractivity (Wildman–Crippen MR) is 96.3 cm³/mol. The molecule has 0 spiro atoms. The number of hydrogen-bond acceptors (Lipinski definition) is 5. The van der Waals surface area contributed by atoms with E-state index in [9.17, 15) is 31.2 Å². The second kappa shape index (κ2) is 7.92. The highest BCUT2D eigenvalue weighted by Gasteiger charge is 2.40. The minimum Gasteiger partial charge on any atom is -0.336 e. The van der Waals surface area contributed by atoms with Crippen LogP contribution in [0.5, 0.6) is 0 Å². The third kappa shape index (κ3) is 4.23. The molecule has 2 fully saturated rings. The fourth-order valence-electron chi connectivity index (χ4n) is 3.46. The largest absolute Gasteiger partial charge is 0.417 e. The molecular weight excluding hydrogens is 413 g/mol. The van der Waals surface area contributed by atoms with E-state index in [4.69, 9.17) is 0 Å². The molecule has 1 aromatic rings. The number of alkyl halides is 3. The van der Waals surface area contributed by atoms with Crippen LogP contribution >= 0.6 is 0 Å². The zero-order chi connectivity index (χ0) is 21.4. The molecule has 2 aliphatic rings. The molecule has 8 nitrogen and oxygen atoms in total. The molecule has 160 valence electrons. The Labute approximate surface area is 166 Å². The van der Waals surface area contributed by atoms with Gasteiger partial charge < -0.3 is 5.32 Å². The first-order chi connectivity index (χ1) is 13.5. The first kappa shape index (κ1) is 21.5. The molecule has 0 aromatic heterocycles. The maximum atomic E-state index is 13.2. The van der Waals surface area contributed by atoms with Gasteiger partial charge in [0.25, 0.3) is 0 Å². The smallest absolute Gasteiger partial charge is 0.336 e. The van der Waals surface area contributed by atoms with Gasteiger partial charge in [0.15, 0.2) is 0 Å². The molecule has 2 saturated heterocycles. The zero-order valence-electron chi connectivity index (χ0n) is 15.6. The minimum absolute atomic E-state index is 0.0572. The second-order valence-corrected chi connectivity index (χ2v) is 8.74. The van der Waals surface area contributed by atoms with E-state index in [2.05, 4.69) is 5.32 Å². The van der Waals surface area contributed by atoms with Crippen LogP contribution in [0.2, 0.25) is 0 Å². The maximum Gasteiger partial charge on any atom is 0.417 e. The summed E-state index contributed by atoms with van der Waals surface area (Å²) in [6.07, 6.45) is -4.79. The first-order valence-electron chi connectivity index (χ1n) is 9.03. The van der Waals surface area contributed by atoms with Crippen molar-refractivity contribution < 1.29 is 31.2 Å². The van der Waals surface area contributed by atoms with Gasteiger partial charge >= 0.3 is 12.2 Å². The van der Waals surface area contributed by atoms with Crippen LogP contribution < -0.4 is 5.32 Å². The summed E-state index contributed by atoms with van der Waals surface area (Å²) in [5.41, 5.74) is -1.20. The van der Waals surface area contributed by atoms with Crippen molar-refractivity contribution in [2.24, 2.45) is 0 Å². The van der Waals surface area contributed by atoms with Gasteiger partial charge in [-0.1, -0.05) is 12.1 Å². The number of hydrogen-bond donors (Lipinski definition) is 1. The number of rotatable bonds is 4. The predicted octanol–water partition coefficient (Wildman–Crippen LogP) is 0.952. The number of imide groups is 1. The van der Waals surface area contributed by atoms with Crippen LogP contribution in [0.3, 0.4) is 0 Å². The Morgan fingerprint density at radius 1 is 1.10 bits per heavy atom. The summed E-state index contributed by atoms with van der Waals surface area (Å²) in [5.74, 6) is -0.390. The molecule has 29 heavy (non-hydrogen) atoms. The summed E-state index contributed by atoms with van der Waals surface area (Å²) in [6, 6.07) is 2.97. The topological polar surface area (TPSA) is 90.0 Å². The van der Waals surface area contributed by atoms with Crippen molar-refractivity contribution in [3.63, 3.8) is 0 Å². The Hall–Kier alpha value is -2.18. The molecule has 1 N–H and O–H groups in total. The average molecular weight is 434 g/mol. The number of carbonyl (C=O) groups excluding carboxylic acids is 2. The lowest BCUT2D eigenvalue weighted by molar-refractivity contribution is -0.140. The molecule has 2 aliphatic heterocycles. The molecular formula is C17H21F3N4O4S. The van der Waals surface area contributed by atoms with Crippen LogP contribution in [0.15, 0.2) is 29.2 Å². The van der Waals surface area contributed by atoms with Gasteiger partial charge in [-0.25, -0.2) is 13.2 Å². The molecule has 0 unspecified atom stereocenters. The van der Waals surface area contributed by atoms with E-state index in [1.54, 1.807) is 11.8 Å². The Balaban J connectivity index is 1.71. The van der Waals surface area contributed by atoms with E-state index in [0.717, 1.165) is 27.4 Å². The second-order valence-electron chi connectivity index (χ2n) is 6.83. The monoisotopic (exact) mass is 434 g/mol. The quantitative estimate of drug-likeness (QED) is 0.762. The van der Waals surface area contributed by atoms with Crippen molar-refractivity contribution in [1.29, 1.82) is 0 Å². The van der Waals surface area contributed by atoms with Gasteiger partial charge in [-0.3, -0.25) is 14.6 Å². The van der Waals surface area contributed by atoms with Crippen molar-refractivity contribution in [3.8, 4) is 0 Å². The number of benzene rings is 1. The molecule has 0 saturated carbocycles. The Morgan fingerprint density at radius 3 is 2.28 bits per heavy atom. The number of piperazine rings is 1. The van der Waals surface area contributed by atoms with E-state index >= 15 is 0 Å². The van der Waals surface area contributed by atoms with Crippen LogP contribution in [-0.4, -0.2) is 79.8 Å². The van der Waals surface area contributed by atoms with Crippen molar-refractivity contribution in [1.82, 2.24) is 19.4 Å². The zero-order valence-corrected chi connectivity index (χ0v) is 16.5. The molecule has 12 heteroatoms. The summed E-state index contributed by atoms with van der Waals surface area (Å²) < 4.78 is 66.2. The van der Waals surface area contributed by atoms with E-state index in [1.165, 1.54) is 6.07 Å². The fourth-order valence-corrected chi connectivity index (χ4v) is 5.09. The summed E-state index contributed by atoms with van der Waals surface area (Å²) >= 11 is 0. The standard InChI is InChI=1S/C17H21F3N4O4S/c1-12(15(25)24-7-6-21-16(24)26)22-8-10-23(11-9-22)29(27,28)14-5-3-2-4-13(14)17(18,19)20/h2-5,12H,6-11H2,1H3,(H,21,26)/t12-/m1/s1. The van der Waals surface area contributed by atoms with Crippen LogP contribution in [0.25, 0.3) is 0 Å². The fraction of sp³-hybridized carbons (Fsp3) is 0.529. The van der Waals surface area contributed by atoms with E-state index in [0.29, 0.717) is 6.54 Å². The lowest BCUT2D eigenvalue weighted by Gasteiger charge is -2.37. The molecule has 1 aromatic carbocycles. The lowest BCUT2D eigenvalue weighted by Crippen LogP contribution is -2.55. The highest BCUT2D eigenvalue weighted by Crippen LogP contribution is 2.35. The van der Waals surface area contributed by atoms with E-state index < -0.39 is 44.6 Å². The Kier molecular flexibility index (Phi) is 5.88. The van der Waals surface area contributed by atoms with Crippen LogP contribution in [0.4, 0.5) is 18.0 Å². The van der Waals surface area contributed by atoms with Gasteiger partial charge in [-0.15, -0.1) is 0 Å². The Bertz CT molecular complexity index is 898. The number of carbonyl (C=O) groups is 2. The van der Waals surface area contributed by atoms with Crippen molar-refractivity contribution in [2.45, 2.75) is 24.0 Å². The van der Waals surface area contributed by atoms with Crippen LogP contribution in [-0.2, 0) is 21.0 Å². The van der Waals surface area contributed by atoms with Crippen molar-refractivity contribution in [2.75, 3.05) is 39.3 Å². The molecule has 3 amide bonds. The molecule has 0 aliphatic carbocycles. The number of nitrogens with one attached hydrogen (secondary N) is 1. The third-order valence-corrected chi connectivity index (χ3v) is 7.07. The average Bonchev–Trinajstić information content (AvgIpc) is 3.12. The first-order valence-corrected chi connectivity index (χ1v) is 10.5. The van der Waals surface area contributed by atoms with E-state index in [1.807, 2.05) is 0 Å². The van der Waals surface area contributed by atoms with Gasteiger partial charge in [0.2, 0.25) is 15.9 Å². The van der Waals surface area contributed by atoms with Crippen molar-refractivity contribution in [3.05, 3.63) is 29.8 Å². The minimum atomic E-state index is -4.79. The number of nitrogens with zero attached hydrogens (tertiary/aromatic N) is 3. The number of urea groups is 1. The SMILES string of the molecule is C[C@H](C(=O)N1CCNC1=O)N1CCN(S(=O)(=O)c2ccccc2C(F)(F)F)CC1. The lowest BCUT2D eigenvalue weighted by atomic mass is 10.2. The van der Waals surface area contributed by atoms with Gasteiger partial charge in [0.05, 0.1) is 16.5 Å². The summed E-state index contributed by atoms with van der Waals surface area (Å²) in [4.78, 5) is 26.2. The summed E-state index contributed by atoms with van der Waals surface area (Å²) in [5, 5.41) is 2.54. The number of amides is 3. The number of halogens is 3. The maximum absolute atomic E-state index is 13.2. The van der Waals surface area contributed by atoms with Gasteiger partial charge in [-0.05, 0) is 19.1 Å². The number of sulfonamides is 1. The molecule has 0 bridgehead atoms. The summed E-state index contributed by atoms with van der Waals surface area (Å²) in [7, 11) is -4.34. The van der Waals surface area contributed by atoms with Gasteiger partial charge in [0, 0.05) is 39.3 Å². The van der Waals surface area contributed by atoms with Gasteiger partial charge in [-0.2, -0.15) is 17.5 Å². The Morgan fingerprint density at radius 2 is 1.72 bits per heavy atom. The van der Waals surface area contributed by atoms with E-state index in [-0.39, 0.29) is 32.7 Å². The van der Waals surface area contributed by atoms with Crippen LogP contribution in [0, 0.1) is 0 Å². The highest BCUT2D eigenvalue weighted by atomic mass is 32.2. The van der Waals surface area contributed by atoms with Crippen LogP contribution in [0.1, 0.15) is 12.5 Å². The normalized spacial score (nSPS) is 20.6. The molecule has 1 atom stereocenters. The summed E-state index contributed by atoms with van der Waals surface area (Å²) in [6.45, 7) is 2.48. The third-order valence-electron chi connectivity index (χ3n) is 5.11. The highest BCUT2D eigenvalue weighted by molar-refractivity contribution is 7.89. The molecule has 3 rings (SSSR count). The van der Waals surface area contributed by atoms with Gasteiger partial charge in [0.1, 0.15) is 0 Å². The van der Waals surface area contributed by atoms with Crippen molar-refractivity contribution >= 4 is 22.0 Å².